The van der Waals surface area contributed by atoms with Crippen LogP contribution in [0.5, 0.6) is 0 Å². The maximum Gasteiger partial charge on any atom is 0.320 e. The topological polar surface area (TPSA) is 78.4 Å². The third-order valence-electron chi connectivity index (χ3n) is 2.62. The first-order valence-electron chi connectivity index (χ1n) is 6.02. The maximum atomic E-state index is 11.8. The van der Waals surface area contributed by atoms with E-state index in [1.165, 1.54) is 0 Å². The van der Waals surface area contributed by atoms with Crippen LogP contribution in [0.4, 0.5) is 5.69 Å². The first-order chi connectivity index (χ1) is 9.31. The number of benzene rings is 1. The van der Waals surface area contributed by atoms with Crippen LogP contribution in [0.3, 0.4) is 0 Å². The first-order valence-corrected chi connectivity index (χ1v) is 7.61. The molecular weight excluding hydrogens is 392 g/mol. The molecule has 0 radical (unpaired) electrons. The first kappa shape index (κ1) is 17.1. The summed E-state index contributed by atoms with van der Waals surface area (Å²) in [6, 6.07) is 4.64. The number of nitrogens with one attached hydrogen (secondary N) is 2. The normalized spacial score (nSPS) is 12.2. The molecule has 1 rings (SSSR count). The van der Waals surface area contributed by atoms with Gasteiger partial charge in [-0.1, -0.05) is 29.8 Å². The fourth-order valence-electron chi connectivity index (χ4n) is 1.60. The molecule has 0 bridgehead atoms. The van der Waals surface area contributed by atoms with Gasteiger partial charge in [0.15, 0.2) is 0 Å². The lowest BCUT2D eigenvalue weighted by atomic mass is 10.1. The largest absolute Gasteiger partial charge is 0.480 e. The van der Waals surface area contributed by atoms with Crippen molar-refractivity contribution >= 4 is 49.4 Å². The monoisotopic (exact) mass is 406 g/mol. The Bertz CT molecular complexity index is 506. The van der Waals surface area contributed by atoms with Gasteiger partial charge < -0.3 is 10.4 Å². The van der Waals surface area contributed by atoms with Crippen LogP contribution in [0.2, 0.25) is 0 Å². The van der Waals surface area contributed by atoms with Crippen molar-refractivity contribution < 1.29 is 14.7 Å². The number of rotatable bonds is 6. The van der Waals surface area contributed by atoms with E-state index in [9.17, 15) is 9.59 Å². The van der Waals surface area contributed by atoms with Gasteiger partial charge in [0.25, 0.3) is 0 Å². The molecule has 5 nitrogen and oxygen atoms in total. The fraction of sp³-hybridized carbons (Fsp3) is 0.385. The smallest absolute Gasteiger partial charge is 0.320 e. The average Bonchev–Trinajstić information content (AvgIpc) is 2.32. The highest BCUT2D eigenvalue weighted by Crippen LogP contribution is 2.25. The second-order valence-electron chi connectivity index (χ2n) is 4.61. The number of amides is 1. The Kier molecular flexibility index (Phi) is 6.64. The summed E-state index contributed by atoms with van der Waals surface area (Å²) in [6.07, 6.45) is 0. The highest BCUT2D eigenvalue weighted by Gasteiger charge is 2.21. The van der Waals surface area contributed by atoms with Gasteiger partial charge in [-0.25, -0.2) is 0 Å². The summed E-state index contributed by atoms with van der Waals surface area (Å²) in [6.45, 7) is 3.52. The summed E-state index contributed by atoms with van der Waals surface area (Å²) in [5, 5.41) is 14.5. The molecule has 1 unspecified atom stereocenters. The zero-order chi connectivity index (χ0) is 15.3. The third kappa shape index (κ3) is 5.22. The summed E-state index contributed by atoms with van der Waals surface area (Å²) in [5.74, 6) is -1.35. The van der Waals surface area contributed by atoms with Crippen molar-refractivity contribution in [3.05, 3.63) is 27.1 Å². The van der Waals surface area contributed by atoms with Crippen molar-refractivity contribution in [1.29, 1.82) is 0 Å². The number of hydrogen-bond donors (Lipinski definition) is 3. The molecular formula is C13H16Br2N2O3. The Morgan fingerprint density at radius 2 is 1.95 bits per heavy atom. The van der Waals surface area contributed by atoms with Crippen molar-refractivity contribution in [1.82, 2.24) is 5.32 Å². The quantitative estimate of drug-likeness (QED) is 0.677. The van der Waals surface area contributed by atoms with Crippen molar-refractivity contribution in [2.75, 3.05) is 11.9 Å². The standard InChI is InChI=1S/C13H16Br2N2O3/c1-7(2)12(13(19)20)16-6-11(18)17-10-4-3-8(14)5-9(10)15/h3-5,7,12,16H,6H2,1-2H3,(H,17,18)(H,19,20). The van der Waals surface area contributed by atoms with Crippen LogP contribution in [0, 0.1) is 5.92 Å². The molecule has 0 aromatic heterocycles. The van der Waals surface area contributed by atoms with E-state index >= 15 is 0 Å². The molecule has 1 aromatic rings. The zero-order valence-corrected chi connectivity index (χ0v) is 14.3. The second kappa shape index (κ2) is 7.75. The Labute approximate surface area is 134 Å². The van der Waals surface area contributed by atoms with Crippen LogP contribution in [0.1, 0.15) is 13.8 Å². The molecule has 0 aliphatic carbocycles. The fourth-order valence-corrected chi connectivity index (χ4v) is 2.74. The van der Waals surface area contributed by atoms with E-state index in [1.807, 2.05) is 12.1 Å². The van der Waals surface area contributed by atoms with Gasteiger partial charge in [0, 0.05) is 8.95 Å². The van der Waals surface area contributed by atoms with Crippen molar-refractivity contribution in [3.8, 4) is 0 Å². The van der Waals surface area contributed by atoms with E-state index in [2.05, 4.69) is 42.5 Å². The molecule has 0 spiro atoms. The number of aliphatic carboxylic acids is 1. The number of carboxylic acid groups (broad SMARTS) is 1. The molecule has 3 N–H and O–H groups in total. The van der Waals surface area contributed by atoms with Crippen molar-refractivity contribution in [3.63, 3.8) is 0 Å². The van der Waals surface area contributed by atoms with Gasteiger partial charge in [-0.3, -0.25) is 14.9 Å². The van der Waals surface area contributed by atoms with Crippen LogP contribution in [0.25, 0.3) is 0 Å². The van der Waals surface area contributed by atoms with Crippen molar-refractivity contribution in [2.24, 2.45) is 5.92 Å². The highest BCUT2D eigenvalue weighted by molar-refractivity contribution is 9.11. The summed E-state index contributed by atoms with van der Waals surface area (Å²) < 4.78 is 1.64. The molecule has 0 fully saturated rings. The molecule has 0 aliphatic heterocycles. The number of carboxylic acids is 1. The van der Waals surface area contributed by atoms with E-state index in [0.717, 1.165) is 8.95 Å². The minimum Gasteiger partial charge on any atom is -0.480 e. The lowest BCUT2D eigenvalue weighted by Crippen LogP contribution is -2.44. The number of carbonyl (C=O) groups excluding carboxylic acids is 1. The van der Waals surface area contributed by atoms with E-state index < -0.39 is 12.0 Å². The van der Waals surface area contributed by atoms with Gasteiger partial charge in [0.1, 0.15) is 6.04 Å². The zero-order valence-electron chi connectivity index (χ0n) is 11.1. The van der Waals surface area contributed by atoms with Crippen LogP contribution < -0.4 is 10.6 Å². The second-order valence-corrected chi connectivity index (χ2v) is 6.38. The molecule has 0 heterocycles. The molecule has 20 heavy (non-hydrogen) atoms. The van der Waals surface area contributed by atoms with Gasteiger partial charge in [-0.05, 0) is 40.0 Å². The van der Waals surface area contributed by atoms with Crippen LogP contribution in [-0.4, -0.2) is 29.6 Å². The summed E-state index contributed by atoms with van der Waals surface area (Å²) in [5.41, 5.74) is 0.636. The predicted octanol–water partition coefficient (Wildman–Crippen LogP) is 2.85. The SMILES string of the molecule is CC(C)C(NCC(=O)Nc1ccc(Br)cc1Br)C(=O)O. The Balaban J connectivity index is 2.57. The summed E-state index contributed by atoms with van der Waals surface area (Å²) in [7, 11) is 0. The van der Waals surface area contributed by atoms with E-state index in [0.29, 0.717) is 5.69 Å². The molecule has 7 heteroatoms. The molecule has 0 saturated carbocycles. The number of hydrogen-bond acceptors (Lipinski definition) is 3. The lowest BCUT2D eigenvalue weighted by molar-refractivity contribution is -0.140. The van der Waals surface area contributed by atoms with Crippen LogP contribution >= 0.6 is 31.9 Å². The van der Waals surface area contributed by atoms with Crippen molar-refractivity contribution in [2.45, 2.75) is 19.9 Å². The van der Waals surface area contributed by atoms with Gasteiger partial charge in [-0.15, -0.1) is 0 Å². The van der Waals surface area contributed by atoms with Crippen LogP contribution in [0.15, 0.2) is 27.1 Å². The Hall–Kier alpha value is -0.920. The molecule has 1 aromatic carbocycles. The third-order valence-corrected chi connectivity index (χ3v) is 3.77. The Morgan fingerprint density at radius 3 is 2.45 bits per heavy atom. The molecule has 1 atom stereocenters. The number of anilines is 1. The summed E-state index contributed by atoms with van der Waals surface area (Å²) in [4.78, 5) is 22.8. The molecule has 0 aliphatic rings. The van der Waals surface area contributed by atoms with Gasteiger partial charge >= 0.3 is 5.97 Å². The number of carbonyl (C=O) groups is 2. The molecule has 1 amide bonds. The van der Waals surface area contributed by atoms with Crippen LogP contribution in [-0.2, 0) is 9.59 Å². The van der Waals surface area contributed by atoms with Gasteiger partial charge in [0.2, 0.25) is 5.91 Å². The maximum absolute atomic E-state index is 11.8. The summed E-state index contributed by atoms with van der Waals surface area (Å²) >= 11 is 6.67. The predicted molar refractivity (Wildman–Crippen MR) is 84.7 cm³/mol. The molecule has 110 valence electrons. The van der Waals surface area contributed by atoms with E-state index in [4.69, 9.17) is 5.11 Å². The minimum absolute atomic E-state index is 0.0579. The van der Waals surface area contributed by atoms with E-state index in [1.54, 1.807) is 19.9 Å². The lowest BCUT2D eigenvalue weighted by Gasteiger charge is -2.17. The highest BCUT2D eigenvalue weighted by atomic mass is 79.9. The van der Waals surface area contributed by atoms with E-state index in [-0.39, 0.29) is 18.4 Å². The minimum atomic E-state index is -0.961. The molecule has 0 saturated heterocycles. The van der Waals surface area contributed by atoms with Gasteiger partial charge in [0.05, 0.1) is 12.2 Å². The number of halogens is 2. The van der Waals surface area contributed by atoms with Gasteiger partial charge in [-0.2, -0.15) is 0 Å². The Morgan fingerprint density at radius 1 is 1.30 bits per heavy atom. The average molecular weight is 408 g/mol.